The monoisotopic (exact) mass is 570 g/mol. The summed E-state index contributed by atoms with van der Waals surface area (Å²) in [6.45, 7) is 7.63. The Labute approximate surface area is 247 Å². The molecule has 0 spiro atoms. The molecule has 0 unspecified atom stereocenters. The molecular formula is C32H42N8O2. The number of nitrogens with zero attached hydrogens (tertiary/aromatic N) is 8. The summed E-state index contributed by atoms with van der Waals surface area (Å²) in [5.74, 6) is 2.26. The number of aromatic nitrogens is 4. The molecule has 42 heavy (non-hydrogen) atoms. The van der Waals surface area contributed by atoms with E-state index in [1.54, 1.807) is 12.7 Å². The molecule has 4 aliphatic rings. The molecule has 1 saturated carbocycles. The molecule has 3 aliphatic heterocycles. The normalized spacial score (nSPS) is 19.8. The molecule has 10 heteroatoms. The first-order valence-electron chi connectivity index (χ1n) is 16.0. The Kier molecular flexibility index (Phi) is 7.80. The maximum Gasteiger partial charge on any atom is 0.261 e. The van der Waals surface area contributed by atoms with Crippen LogP contribution in [0.4, 0.5) is 17.3 Å². The van der Waals surface area contributed by atoms with Crippen LogP contribution in [0.1, 0.15) is 63.8 Å². The van der Waals surface area contributed by atoms with Gasteiger partial charge in [0.1, 0.15) is 12.0 Å². The first kappa shape index (κ1) is 27.3. The van der Waals surface area contributed by atoms with Gasteiger partial charge in [0.05, 0.1) is 17.2 Å². The molecule has 5 heterocycles. The molecule has 1 aliphatic carbocycles. The van der Waals surface area contributed by atoms with Crippen LogP contribution in [-0.2, 0) is 4.79 Å². The van der Waals surface area contributed by atoms with Gasteiger partial charge in [-0.3, -0.25) is 14.2 Å². The van der Waals surface area contributed by atoms with Crippen LogP contribution in [0.15, 0.2) is 41.7 Å². The number of hydrogen-bond acceptors (Lipinski definition) is 8. The number of rotatable bonds is 10. The smallest absolute Gasteiger partial charge is 0.261 e. The molecule has 3 aromatic rings. The number of amides is 1. The van der Waals surface area contributed by atoms with E-state index in [0.29, 0.717) is 11.9 Å². The summed E-state index contributed by atoms with van der Waals surface area (Å²) in [5, 5.41) is 0.696. The molecule has 7 rings (SSSR count). The van der Waals surface area contributed by atoms with Crippen molar-refractivity contribution in [1.29, 1.82) is 0 Å². The topological polar surface area (TPSA) is 90.7 Å². The Morgan fingerprint density at radius 3 is 2.14 bits per heavy atom. The van der Waals surface area contributed by atoms with E-state index in [2.05, 4.69) is 24.6 Å². The summed E-state index contributed by atoms with van der Waals surface area (Å²) >= 11 is 0. The zero-order chi connectivity index (χ0) is 28.5. The van der Waals surface area contributed by atoms with Crippen molar-refractivity contribution < 1.29 is 4.79 Å². The molecule has 3 saturated heterocycles. The minimum Gasteiger partial charge on any atom is -0.355 e. The Bertz CT molecular complexity index is 1440. The molecular weight excluding hydrogens is 528 g/mol. The third-order valence-electron chi connectivity index (χ3n) is 9.83. The molecule has 2 aromatic heterocycles. The second-order valence-electron chi connectivity index (χ2n) is 12.4. The van der Waals surface area contributed by atoms with E-state index in [1.807, 2.05) is 28.8 Å². The van der Waals surface area contributed by atoms with E-state index < -0.39 is 0 Å². The SMILES string of the molecule is O=C(C1CCC1)N(CCCCN1CCC(n2cnc3ccccc3c2=O)CC1)c1c(N2CCC2)ncnc1N1CCC1. The number of para-hydroxylation sites is 1. The van der Waals surface area contributed by atoms with E-state index in [0.717, 1.165) is 114 Å². The largest absolute Gasteiger partial charge is 0.355 e. The van der Waals surface area contributed by atoms with Crippen LogP contribution in [0, 0.1) is 5.92 Å². The summed E-state index contributed by atoms with van der Waals surface area (Å²) in [6.07, 6.45) is 12.8. The van der Waals surface area contributed by atoms with Gasteiger partial charge < -0.3 is 19.6 Å². The highest BCUT2D eigenvalue weighted by atomic mass is 16.2. The van der Waals surface area contributed by atoms with Gasteiger partial charge in [0, 0.05) is 57.8 Å². The molecule has 10 nitrogen and oxygen atoms in total. The second-order valence-corrected chi connectivity index (χ2v) is 12.4. The fourth-order valence-electron chi connectivity index (χ4n) is 6.70. The van der Waals surface area contributed by atoms with Crippen LogP contribution in [-0.4, -0.2) is 82.7 Å². The lowest BCUT2D eigenvalue weighted by Crippen LogP contribution is -2.46. The van der Waals surface area contributed by atoms with Crippen LogP contribution in [0.3, 0.4) is 0 Å². The predicted molar refractivity (Wildman–Crippen MR) is 165 cm³/mol. The van der Waals surface area contributed by atoms with Crippen LogP contribution < -0.4 is 20.3 Å². The Hall–Kier alpha value is -3.53. The van der Waals surface area contributed by atoms with Crippen molar-refractivity contribution in [3.05, 3.63) is 47.3 Å². The molecule has 222 valence electrons. The van der Waals surface area contributed by atoms with Crippen molar-refractivity contribution in [1.82, 2.24) is 24.4 Å². The fourth-order valence-corrected chi connectivity index (χ4v) is 6.70. The summed E-state index contributed by atoms with van der Waals surface area (Å²) < 4.78 is 1.84. The van der Waals surface area contributed by atoms with E-state index in [4.69, 9.17) is 9.97 Å². The highest BCUT2D eigenvalue weighted by molar-refractivity contribution is 6.01. The molecule has 1 aromatic carbocycles. The zero-order valence-corrected chi connectivity index (χ0v) is 24.5. The fraction of sp³-hybridized carbons (Fsp3) is 0.594. The molecule has 0 N–H and O–H groups in total. The third kappa shape index (κ3) is 5.25. The van der Waals surface area contributed by atoms with E-state index in [-0.39, 0.29) is 23.4 Å². The van der Waals surface area contributed by atoms with Crippen molar-refractivity contribution >= 4 is 34.1 Å². The zero-order valence-electron chi connectivity index (χ0n) is 24.5. The average molecular weight is 571 g/mol. The van der Waals surface area contributed by atoms with Gasteiger partial charge in [-0.2, -0.15) is 0 Å². The number of anilines is 3. The minimum atomic E-state index is 0.0651. The van der Waals surface area contributed by atoms with Crippen molar-refractivity contribution in [2.45, 2.75) is 63.8 Å². The van der Waals surface area contributed by atoms with Gasteiger partial charge in [-0.1, -0.05) is 18.6 Å². The summed E-state index contributed by atoms with van der Waals surface area (Å²) in [4.78, 5) is 50.1. The second kappa shape index (κ2) is 12.0. The van der Waals surface area contributed by atoms with Gasteiger partial charge >= 0.3 is 0 Å². The van der Waals surface area contributed by atoms with E-state index in [1.165, 1.54) is 12.8 Å². The summed E-state index contributed by atoms with van der Waals surface area (Å²) in [7, 11) is 0. The molecule has 4 fully saturated rings. The van der Waals surface area contributed by atoms with Gasteiger partial charge in [0.15, 0.2) is 11.6 Å². The maximum absolute atomic E-state index is 13.9. The van der Waals surface area contributed by atoms with Crippen LogP contribution in [0.5, 0.6) is 0 Å². The molecule has 1 amide bonds. The number of piperidine rings is 1. The minimum absolute atomic E-state index is 0.0651. The number of carbonyl (C=O) groups is 1. The van der Waals surface area contributed by atoms with Crippen molar-refractivity contribution in [3.8, 4) is 0 Å². The number of hydrogen-bond donors (Lipinski definition) is 0. The highest BCUT2D eigenvalue weighted by Crippen LogP contribution is 2.41. The van der Waals surface area contributed by atoms with E-state index in [9.17, 15) is 9.59 Å². The van der Waals surface area contributed by atoms with Gasteiger partial charge in [-0.05, 0) is 70.0 Å². The van der Waals surface area contributed by atoms with Crippen molar-refractivity contribution in [3.63, 3.8) is 0 Å². The Morgan fingerprint density at radius 1 is 0.833 bits per heavy atom. The number of unbranched alkanes of at least 4 members (excludes halogenated alkanes) is 1. The van der Waals surface area contributed by atoms with Crippen LogP contribution >= 0.6 is 0 Å². The lowest BCUT2D eigenvalue weighted by atomic mass is 9.84. The number of benzene rings is 1. The summed E-state index contributed by atoms with van der Waals surface area (Å²) in [6, 6.07) is 7.79. The van der Waals surface area contributed by atoms with Crippen LogP contribution in [0.25, 0.3) is 10.9 Å². The van der Waals surface area contributed by atoms with Gasteiger partial charge in [-0.25, -0.2) is 15.0 Å². The lowest BCUT2D eigenvalue weighted by molar-refractivity contribution is -0.124. The first-order chi connectivity index (χ1) is 20.7. The number of fused-ring (bicyclic) bond motifs is 1. The van der Waals surface area contributed by atoms with Gasteiger partial charge in [-0.15, -0.1) is 0 Å². The number of likely N-dealkylation sites (tertiary alicyclic amines) is 1. The maximum atomic E-state index is 13.9. The lowest BCUT2D eigenvalue weighted by Gasteiger charge is -2.41. The molecule has 0 radical (unpaired) electrons. The van der Waals surface area contributed by atoms with E-state index >= 15 is 0 Å². The third-order valence-corrected chi connectivity index (χ3v) is 9.83. The average Bonchev–Trinajstić information content (AvgIpc) is 2.92. The van der Waals surface area contributed by atoms with Crippen molar-refractivity contribution in [2.24, 2.45) is 5.92 Å². The highest BCUT2D eigenvalue weighted by Gasteiger charge is 2.36. The summed E-state index contributed by atoms with van der Waals surface area (Å²) in [5.41, 5.74) is 1.77. The molecule has 0 atom stereocenters. The predicted octanol–water partition coefficient (Wildman–Crippen LogP) is 3.86. The standard InChI is InChI=1S/C32H42N8O2/c41-31(24-8-5-9-24)39(28-29(37-15-6-16-37)33-22-34-30(28)38-17-7-18-38)19-4-3-14-36-20-12-25(13-21-36)40-23-35-27-11-2-1-10-26(27)32(40)42/h1-2,10-11,22-25H,3-9,12-21H2. The first-order valence-corrected chi connectivity index (χ1v) is 16.0. The Balaban J connectivity index is 0.995. The Morgan fingerprint density at radius 2 is 1.52 bits per heavy atom. The molecule has 0 bridgehead atoms. The van der Waals surface area contributed by atoms with Crippen LogP contribution in [0.2, 0.25) is 0 Å². The number of carbonyl (C=O) groups excluding carboxylic acids is 1. The van der Waals surface area contributed by atoms with Gasteiger partial charge in [0.25, 0.3) is 5.56 Å². The van der Waals surface area contributed by atoms with Gasteiger partial charge in [0.2, 0.25) is 5.91 Å². The van der Waals surface area contributed by atoms with Crippen molar-refractivity contribution in [2.75, 3.05) is 67.1 Å². The quantitative estimate of drug-likeness (QED) is 0.340.